The molecule has 2 heterocycles. The van der Waals surface area contributed by atoms with Crippen LogP contribution in [0.25, 0.3) is 0 Å². The van der Waals surface area contributed by atoms with Crippen molar-refractivity contribution in [1.29, 1.82) is 0 Å². The van der Waals surface area contributed by atoms with Gasteiger partial charge in [-0.05, 0) is 42.3 Å². The molecule has 4 nitrogen and oxygen atoms in total. The van der Waals surface area contributed by atoms with E-state index in [9.17, 15) is 4.79 Å². The van der Waals surface area contributed by atoms with Crippen molar-refractivity contribution in [3.63, 3.8) is 0 Å². The molecule has 1 aromatic heterocycles. The molecule has 0 saturated heterocycles. The highest BCUT2D eigenvalue weighted by Crippen LogP contribution is 2.29. The Labute approximate surface area is 114 Å². The molecule has 0 fully saturated rings. The number of carbonyl (C=O) groups excluding carboxylic acids is 1. The first kappa shape index (κ1) is 14.0. The fourth-order valence-corrected chi connectivity index (χ4v) is 2.38. The van der Waals surface area contributed by atoms with Crippen LogP contribution in [0.4, 0.5) is 5.82 Å². The van der Waals surface area contributed by atoms with Gasteiger partial charge in [0.1, 0.15) is 5.82 Å². The Kier molecular flexibility index (Phi) is 3.90. The summed E-state index contributed by atoms with van der Waals surface area (Å²) in [6, 6.07) is 2.17. The molecule has 0 saturated carbocycles. The van der Waals surface area contributed by atoms with Crippen molar-refractivity contribution in [2.75, 3.05) is 11.9 Å². The van der Waals surface area contributed by atoms with E-state index in [4.69, 9.17) is 5.73 Å². The number of hydrogen-bond acceptors (Lipinski definition) is 3. The normalized spacial score (nSPS) is 19.6. The largest absolute Gasteiger partial charge is 0.330 e. The second-order valence-electron chi connectivity index (χ2n) is 6.28. The molecule has 1 unspecified atom stereocenters. The average Bonchev–Trinajstić information content (AvgIpc) is 2.48. The quantitative estimate of drug-likeness (QED) is 0.857. The number of nitrogens with zero attached hydrogens (tertiary/aromatic N) is 1. The number of amides is 1. The molecule has 0 aromatic carbocycles. The number of rotatable bonds is 2. The van der Waals surface area contributed by atoms with Crippen LogP contribution in [0.5, 0.6) is 0 Å². The van der Waals surface area contributed by atoms with Crippen LogP contribution < -0.4 is 11.1 Å². The Bertz CT molecular complexity index is 477. The minimum Gasteiger partial charge on any atom is -0.330 e. The van der Waals surface area contributed by atoms with Crippen molar-refractivity contribution >= 4 is 11.7 Å². The Morgan fingerprint density at radius 1 is 1.47 bits per heavy atom. The van der Waals surface area contributed by atoms with Crippen LogP contribution in [0.15, 0.2) is 12.3 Å². The topological polar surface area (TPSA) is 68.0 Å². The Hall–Kier alpha value is -1.42. The van der Waals surface area contributed by atoms with Gasteiger partial charge in [-0.3, -0.25) is 4.79 Å². The number of aryl methyl sites for hydroxylation is 1. The van der Waals surface area contributed by atoms with Crippen LogP contribution >= 0.6 is 0 Å². The molecule has 104 valence electrons. The number of hydrogen-bond donors (Lipinski definition) is 2. The Balaban J connectivity index is 2.27. The molecule has 0 spiro atoms. The summed E-state index contributed by atoms with van der Waals surface area (Å²) >= 11 is 0. The SMILES string of the molecule is CC(C)(C)c1cnc2c(c1)CCC(CCN)C(=O)N2. The van der Waals surface area contributed by atoms with E-state index in [-0.39, 0.29) is 17.2 Å². The highest BCUT2D eigenvalue weighted by molar-refractivity contribution is 5.93. The van der Waals surface area contributed by atoms with Crippen molar-refractivity contribution in [1.82, 2.24) is 4.98 Å². The number of carbonyl (C=O) groups is 1. The van der Waals surface area contributed by atoms with E-state index in [0.29, 0.717) is 6.54 Å². The van der Waals surface area contributed by atoms with Crippen molar-refractivity contribution in [3.05, 3.63) is 23.4 Å². The first-order valence-corrected chi connectivity index (χ1v) is 6.92. The standard InChI is InChI=1S/C15H23N3O/c1-15(2,3)12-8-11-5-4-10(6-7-16)14(19)18-13(11)17-9-12/h8-10H,4-7,16H2,1-3H3,(H,17,18,19). The Morgan fingerprint density at radius 3 is 2.84 bits per heavy atom. The lowest BCUT2D eigenvalue weighted by molar-refractivity contribution is -0.120. The zero-order valence-corrected chi connectivity index (χ0v) is 12.0. The zero-order valence-electron chi connectivity index (χ0n) is 12.0. The summed E-state index contributed by atoms with van der Waals surface area (Å²) < 4.78 is 0. The molecular formula is C15H23N3O. The van der Waals surface area contributed by atoms with Gasteiger partial charge in [0.15, 0.2) is 0 Å². The van der Waals surface area contributed by atoms with Gasteiger partial charge in [0.25, 0.3) is 0 Å². The molecule has 1 aliphatic rings. The molecule has 1 aliphatic heterocycles. The van der Waals surface area contributed by atoms with Crippen LogP contribution in [0.2, 0.25) is 0 Å². The van der Waals surface area contributed by atoms with Crippen molar-refractivity contribution in [2.45, 2.75) is 45.4 Å². The maximum Gasteiger partial charge on any atom is 0.228 e. The maximum absolute atomic E-state index is 12.0. The number of fused-ring (bicyclic) bond motifs is 1. The first-order valence-electron chi connectivity index (χ1n) is 6.92. The third kappa shape index (κ3) is 3.13. The second kappa shape index (κ2) is 5.29. The van der Waals surface area contributed by atoms with Crippen molar-refractivity contribution in [3.8, 4) is 0 Å². The lowest BCUT2D eigenvalue weighted by atomic mass is 9.87. The molecule has 0 bridgehead atoms. The van der Waals surface area contributed by atoms with Gasteiger partial charge in [0.2, 0.25) is 5.91 Å². The highest BCUT2D eigenvalue weighted by Gasteiger charge is 2.25. The molecule has 2 rings (SSSR count). The summed E-state index contributed by atoms with van der Waals surface area (Å²) in [4.78, 5) is 16.5. The lowest BCUT2D eigenvalue weighted by Gasteiger charge is -2.20. The van der Waals surface area contributed by atoms with E-state index in [1.165, 1.54) is 5.56 Å². The summed E-state index contributed by atoms with van der Waals surface area (Å²) in [5.41, 5.74) is 7.99. The van der Waals surface area contributed by atoms with E-state index in [1.807, 2.05) is 6.20 Å². The lowest BCUT2D eigenvalue weighted by Crippen LogP contribution is -2.24. The van der Waals surface area contributed by atoms with E-state index in [0.717, 1.165) is 30.6 Å². The van der Waals surface area contributed by atoms with Gasteiger partial charge in [-0.25, -0.2) is 4.98 Å². The fourth-order valence-electron chi connectivity index (χ4n) is 2.38. The summed E-state index contributed by atoms with van der Waals surface area (Å²) in [6.45, 7) is 7.06. The summed E-state index contributed by atoms with van der Waals surface area (Å²) in [5.74, 6) is 0.787. The third-order valence-electron chi connectivity index (χ3n) is 3.72. The molecule has 1 atom stereocenters. The number of aromatic nitrogens is 1. The van der Waals surface area contributed by atoms with E-state index >= 15 is 0 Å². The fraction of sp³-hybridized carbons (Fsp3) is 0.600. The maximum atomic E-state index is 12.0. The van der Waals surface area contributed by atoms with Crippen molar-refractivity contribution in [2.24, 2.45) is 11.7 Å². The molecule has 19 heavy (non-hydrogen) atoms. The third-order valence-corrected chi connectivity index (χ3v) is 3.72. The summed E-state index contributed by atoms with van der Waals surface area (Å²) in [5, 5.41) is 2.93. The molecule has 3 N–H and O–H groups in total. The van der Waals surface area contributed by atoms with Gasteiger partial charge in [-0.2, -0.15) is 0 Å². The average molecular weight is 261 g/mol. The number of anilines is 1. The summed E-state index contributed by atoms with van der Waals surface area (Å²) in [6.07, 6.45) is 4.34. The van der Waals surface area contributed by atoms with Gasteiger partial charge in [-0.1, -0.05) is 26.8 Å². The molecule has 1 amide bonds. The smallest absolute Gasteiger partial charge is 0.228 e. The van der Waals surface area contributed by atoms with E-state index in [1.54, 1.807) is 0 Å². The molecular weight excluding hydrogens is 238 g/mol. The first-order chi connectivity index (χ1) is 8.91. The molecule has 1 aromatic rings. The van der Waals surface area contributed by atoms with Crippen molar-refractivity contribution < 1.29 is 4.79 Å². The van der Waals surface area contributed by atoms with Gasteiger partial charge in [0.05, 0.1) is 0 Å². The van der Waals surface area contributed by atoms with E-state index in [2.05, 4.69) is 37.1 Å². The van der Waals surface area contributed by atoms with Crippen LogP contribution in [0.3, 0.4) is 0 Å². The Morgan fingerprint density at radius 2 is 2.21 bits per heavy atom. The van der Waals surface area contributed by atoms with Crippen LogP contribution in [0.1, 0.15) is 44.7 Å². The van der Waals surface area contributed by atoms with Crippen LogP contribution in [0, 0.1) is 5.92 Å². The monoisotopic (exact) mass is 261 g/mol. The van der Waals surface area contributed by atoms with Gasteiger partial charge in [0, 0.05) is 12.1 Å². The van der Waals surface area contributed by atoms with Gasteiger partial charge >= 0.3 is 0 Å². The highest BCUT2D eigenvalue weighted by atomic mass is 16.1. The minimum atomic E-state index is 0.0114. The minimum absolute atomic E-state index is 0.0114. The predicted molar refractivity (Wildman–Crippen MR) is 77.0 cm³/mol. The number of nitrogens with one attached hydrogen (secondary N) is 1. The molecule has 4 heteroatoms. The van der Waals surface area contributed by atoms with E-state index < -0.39 is 0 Å². The summed E-state index contributed by atoms with van der Waals surface area (Å²) in [7, 11) is 0. The zero-order chi connectivity index (χ0) is 14.0. The van der Waals surface area contributed by atoms with Crippen LogP contribution in [-0.2, 0) is 16.6 Å². The van der Waals surface area contributed by atoms with Crippen LogP contribution in [-0.4, -0.2) is 17.4 Å². The predicted octanol–water partition coefficient (Wildman–Crippen LogP) is 2.23. The molecule has 0 aliphatic carbocycles. The van der Waals surface area contributed by atoms with Gasteiger partial charge < -0.3 is 11.1 Å². The second-order valence-corrected chi connectivity index (χ2v) is 6.28. The molecule has 0 radical (unpaired) electrons. The number of nitrogens with two attached hydrogens (primary N) is 1. The van der Waals surface area contributed by atoms with Gasteiger partial charge in [-0.15, -0.1) is 0 Å². The number of pyridine rings is 1.